The first-order valence-corrected chi connectivity index (χ1v) is 11.5. The van der Waals surface area contributed by atoms with Gasteiger partial charge in [-0.15, -0.1) is 0 Å². The van der Waals surface area contributed by atoms with Crippen molar-refractivity contribution in [1.82, 2.24) is 0 Å². The van der Waals surface area contributed by atoms with Crippen molar-refractivity contribution in [2.75, 3.05) is 16.4 Å². The highest BCUT2D eigenvalue weighted by Crippen LogP contribution is 2.36. The molecule has 0 saturated heterocycles. The molecule has 182 valence electrons. The van der Waals surface area contributed by atoms with Crippen LogP contribution in [0, 0.1) is 5.92 Å². The van der Waals surface area contributed by atoms with Gasteiger partial charge in [-0.2, -0.15) is 0 Å². The molecule has 0 aliphatic rings. The van der Waals surface area contributed by atoms with Gasteiger partial charge >= 0.3 is 6.09 Å². The van der Waals surface area contributed by atoms with Crippen molar-refractivity contribution in [2.24, 2.45) is 5.92 Å². The van der Waals surface area contributed by atoms with Crippen LogP contribution in [-0.4, -0.2) is 17.1 Å². The second-order valence-corrected chi connectivity index (χ2v) is 8.33. The highest BCUT2D eigenvalue weighted by Gasteiger charge is 2.25. The highest BCUT2D eigenvalue weighted by atomic mass is 16.6. The largest absolute Gasteiger partial charge is 0.507 e. The van der Waals surface area contributed by atoms with Gasteiger partial charge in [0.15, 0.2) is 0 Å². The fourth-order valence-corrected chi connectivity index (χ4v) is 3.92. The lowest BCUT2D eigenvalue weighted by Gasteiger charge is -2.24. The number of amides is 2. The number of nitrogen functional groups attached to an aromatic ring is 1. The van der Waals surface area contributed by atoms with E-state index in [-0.39, 0.29) is 11.7 Å². The number of anilines is 3. The molecule has 4 aromatic rings. The van der Waals surface area contributed by atoms with Gasteiger partial charge < -0.3 is 20.9 Å². The Kier molecular flexibility index (Phi) is 7.51. The summed E-state index contributed by atoms with van der Waals surface area (Å²) in [6.07, 6.45) is 1.69. The lowest BCUT2D eigenvalue weighted by molar-refractivity contribution is -0.111. The van der Waals surface area contributed by atoms with Crippen LogP contribution in [0.5, 0.6) is 5.75 Å². The molecule has 0 fully saturated rings. The third-order valence-corrected chi connectivity index (χ3v) is 5.74. The molecular weight excluding hydrogens is 454 g/mol. The summed E-state index contributed by atoms with van der Waals surface area (Å²) in [5, 5.41) is 17.2. The number of nitrogens with two attached hydrogens (primary N) is 1. The van der Waals surface area contributed by atoms with Gasteiger partial charge in [0.25, 0.3) is 0 Å². The monoisotopic (exact) mass is 481 g/mol. The van der Waals surface area contributed by atoms with Crippen molar-refractivity contribution in [3.63, 3.8) is 0 Å². The number of phenols is 1. The van der Waals surface area contributed by atoms with Crippen molar-refractivity contribution in [3.05, 3.63) is 109 Å². The topological polar surface area (TPSA) is 114 Å². The van der Waals surface area contributed by atoms with Gasteiger partial charge in [0.2, 0.25) is 5.91 Å². The molecule has 4 rings (SSSR count). The van der Waals surface area contributed by atoms with E-state index in [9.17, 15) is 14.7 Å². The molecule has 0 aromatic heterocycles. The van der Waals surface area contributed by atoms with Crippen LogP contribution >= 0.6 is 0 Å². The molecule has 36 heavy (non-hydrogen) atoms. The molecule has 0 saturated carbocycles. The Hall–Kier alpha value is -4.78. The van der Waals surface area contributed by atoms with Gasteiger partial charge in [-0.25, -0.2) is 4.79 Å². The number of carbonyl (C=O) groups is 2. The van der Waals surface area contributed by atoms with Crippen molar-refractivity contribution in [1.29, 1.82) is 0 Å². The summed E-state index contributed by atoms with van der Waals surface area (Å²) < 4.78 is 5.89. The van der Waals surface area contributed by atoms with E-state index < -0.39 is 18.1 Å². The molecule has 0 unspecified atom stereocenters. The van der Waals surface area contributed by atoms with Gasteiger partial charge in [-0.05, 0) is 41.8 Å². The number of benzene rings is 4. The summed E-state index contributed by atoms with van der Waals surface area (Å²) in [6.45, 7) is 1.85. The van der Waals surface area contributed by atoms with Crippen LogP contribution in [0.15, 0.2) is 103 Å². The van der Waals surface area contributed by atoms with Crippen LogP contribution in [0.1, 0.15) is 18.6 Å². The van der Waals surface area contributed by atoms with Gasteiger partial charge in [-0.1, -0.05) is 73.7 Å². The number of rotatable bonds is 7. The number of aromatic hydroxyl groups is 1. The first-order chi connectivity index (χ1) is 17.4. The zero-order chi connectivity index (χ0) is 25.5. The van der Waals surface area contributed by atoms with Crippen molar-refractivity contribution in [2.45, 2.75) is 13.0 Å². The summed E-state index contributed by atoms with van der Waals surface area (Å²) in [7, 11) is 0. The second kappa shape index (κ2) is 11.1. The Morgan fingerprint density at radius 1 is 0.861 bits per heavy atom. The molecule has 7 nitrogen and oxygen atoms in total. The third kappa shape index (κ3) is 5.82. The molecule has 0 bridgehead atoms. The number of ether oxygens (including phenoxy) is 1. The lowest BCUT2D eigenvalue weighted by Crippen LogP contribution is -2.21. The van der Waals surface area contributed by atoms with Gasteiger partial charge in [0.05, 0.1) is 11.4 Å². The number of fused-ring (bicyclic) bond motifs is 1. The zero-order valence-electron chi connectivity index (χ0n) is 19.7. The SMILES string of the molecule is C[C@H](/C=C/C(=O)Nc1ccccc1N)[C@H](OC(=O)Nc1ccccc1)c1ccc(O)c2ccccc12. The first kappa shape index (κ1) is 24.3. The second-order valence-electron chi connectivity index (χ2n) is 8.33. The molecule has 0 spiro atoms. The molecule has 0 radical (unpaired) electrons. The molecule has 4 aromatic carbocycles. The fraction of sp³-hybridized carbons (Fsp3) is 0.103. The van der Waals surface area contributed by atoms with Crippen molar-refractivity contribution >= 4 is 39.8 Å². The number of phenolic OH excluding ortho intramolecular Hbond substituents is 1. The average molecular weight is 482 g/mol. The van der Waals surface area contributed by atoms with E-state index >= 15 is 0 Å². The predicted octanol–water partition coefficient (Wildman–Crippen LogP) is 6.25. The summed E-state index contributed by atoms with van der Waals surface area (Å²) in [5.41, 5.74) is 8.18. The van der Waals surface area contributed by atoms with E-state index in [4.69, 9.17) is 10.5 Å². The van der Waals surface area contributed by atoms with Crippen molar-refractivity contribution in [3.8, 4) is 5.75 Å². The molecule has 5 N–H and O–H groups in total. The Bertz CT molecular complexity index is 1400. The van der Waals surface area contributed by atoms with Crippen LogP contribution in [0.25, 0.3) is 10.8 Å². The fourth-order valence-electron chi connectivity index (χ4n) is 3.92. The zero-order valence-corrected chi connectivity index (χ0v) is 19.7. The summed E-state index contributed by atoms with van der Waals surface area (Å²) in [5.74, 6) is -0.619. The van der Waals surface area contributed by atoms with Crippen LogP contribution in [0.2, 0.25) is 0 Å². The molecule has 0 heterocycles. The molecular formula is C29H27N3O4. The number of hydrogen-bond donors (Lipinski definition) is 4. The Morgan fingerprint density at radius 3 is 2.28 bits per heavy atom. The van der Waals surface area contributed by atoms with Crippen LogP contribution in [-0.2, 0) is 9.53 Å². The Morgan fingerprint density at radius 2 is 1.53 bits per heavy atom. The van der Waals surface area contributed by atoms with Crippen LogP contribution < -0.4 is 16.4 Å². The van der Waals surface area contributed by atoms with E-state index in [0.717, 1.165) is 5.39 Å². The maximum absolute atomic E-state index is 12.8. The predicted molar refractivity (Wildman–Crippen MR) is 143 cm³/mol. The Labute approximate surface area is 209 Å². The Balaban J connectivity index is 1.60. The number of hydrogen-bond acceptors (Lipinski definition) is 5. The van der Waals surface area contributed by atoms with Crippen LogP contribution in [0.4, 0.5) is 21.9 Å². The quantitative estimate of drug-likeness (QED) is 0.184. The first-order valence-electron chi connectivity index (χ1n) is 11.5. The number of para-hydroxylation sites is 3. The summed E-state index contributed by atoms with van der Waals surface area (Å²) in [4.78, 5) is 25.4. The minimum Gasteiger partial charge on any atom is -0.507 e. The molecule has 7 heteroatoms. The molecule has 2 atom stereocenters. The minimum atomic E-state index is -0.745. The average Bonchev–Trinajstić information content (AvgIpc) is 2.88. The normalized spacial score (nSPS) is 12.7. The van der Waals surface area contributed by atoms with Gasteiger partial charge in [0, 0.05) is 22.6 Å². The van der Waals surface area contributed by atoms with E-state index in [2.05, 4.69) is 10.6 Å². The van der Waals surface area contributed by atoms with Gasteiger partial charge in [0.1, 0.15) is 11.9 Å². The molecule has 2 amide bonds. The maximum atomic E-state index is 12.8. The maximum Gasteiger partial charge on any atom is 0.412 e. The highest BCUT2D eigenvalue weighted by molar-refractivity contribution is 6.01. The van der Waals surface area contributed by atoms with Crippen molar-refractivity contribution < 1.29 is 19.4 Å². The standard InChI is InChI=1S/C29H27N3O4/c1-19(15-18-27(34)32-25-14-8-7-13-24(25)30)28(36-29(35)31-20-9-3-2-4-10-20)23-16-17-26(33)22-12-6-5-11-21(22)23/h2-19,28,33H,30H2,1H3,(H,31,35)(H,32,34)/b18-15+/t19-,28+/m1/s1. The van der Waals surface area contributed by atoms with Gasteiger partial charge in [-0.3, -0.25) is 10.1 Å². The summed E-state index contributed by atoms with van der Waals surface area (Å²) >= 11 is 0. The van der Waals surface area contributed by atoms with Crippen LogP contribution in [0.3, 0.4) is 0 Å². The van der Waals surface area contributed by atoms with E-state index in [1.165, 1.54) is 6.08 Å². The number of nitrogens with one attached hydrogen (secondary N) is 2. The van der Waals surface area contributed by atoms with E-state index in [1.54, 1.807) is 60.7 Å². The summed E-state index contributed by atoms with van der Waals surface area (Å²) in [6, 6.07) is 26.6. The molecule has 0 aliphatic carbocycles. The van der Waals surface area contributed by atoms with E-state index in [0.29, 0.717) is 28.0 Å². The van der Waals surface area contributed by atoms with E-state index in [1.807, 2.05) is 43.3 Å². The third-order valence-electron chi connectivity index (χ3n) is 5.74. The number of carbonyl (C=O) groups excluding carboxylic acids is 2. The smallest absolute Gasteiger partial charge is 0.412 e. The molecule has 0 aliphatic heterocycles. The minimum absolute atomic E-state index is 0.129. The lowest BCUT2D eigenvalue weighted by atomic mass is 9.92.